The summed E-state index contributed by atoms with van der Waals surface area (Å²) in [7, 11) is 0. The van der Waals surface area contributed by atoms with E-state index >= 15 is 0 Å². The highest BCUT2D eigenvalue weighted by Gasteiger charge is 2.13. The van der Waals surface area contributed by atoms with Crippen LogP contribution in [0, 0.1) is 6.92 Å². The summed E-state index contributed by atoms with van der Waals surface area (Å²) in [6, 6.07) is 15.8. The van der Waals surface area contributed by atoms with E-state index in [4.69, 9.17) is 4.74 Å². The van der Waals surface area contributed by atoms with E-state index in [1.807, 2.05) is 55.5 Å². The molecule has 1 heterocycles. The molecule has 0 unspecified atom stereocenters. The SMILES string of the molecule is CCOC(=O)Cc1nnc(Nc2ccccc2C)c2ccccc12. The van der Waals surface area contributed by atoms with Gasteiger partial charge in [-0.05, 0) is 25.5 Å². The van der Waals surface area contributed by atoms with Crippen molar-refractivity contribution in [2.45, 2.75) is 20.3 Å². The summed E-state index contributed by atoms with van der Waals surface area (Å²) in [4.78, 5) is 11.8. The third-order valence-electron chi connectivity index (χ3n) is 3.78. The van der Waals surface area contributed by atoms with Gasteiger partial charge in [-0.3, -0.25) is 4.79 Å². The van der Waals surface area contributed by atoms with E-state index in [-0.39, 0.29) is 12.4 Å². The fourth-order valence-electron chi connectivity index (χ4n) is 2.57. The first-order chi connectivity index (χ1) is 11.7. The van der Waals surface area contributed by atoms with Crippen molar-refractivity contribution < 1.29 is 9.53 Å². The number of carbonyl (C=O) groups is 1. The molecule has 0 aliphatic carbocycles. The van der Waals surface area contributed by atoms with Crippen LogP contribution in [-0.2, 0) is 16.0 Å². The second kappa shape index (κ2) is 7.08. The Labute approximate surface area is 140 Å². The first kappa shape index (κ1) is 15.9. The van der Waals surface area contributed by atoms with Gasteiger partial charge in [-0.25, -0.2) is 0 Å². The molecule has 5 heteroatoms. The van der Waals surface area contributed by atoms with Gasteiger partial charge >= 0.3 is 5.97 Å². The van der Waals surface area contributed by atoms with E-state index in [0.717, 1.165) is 22.0 Å². The number of fused-ring (bicyclic) bond motifs is 1. The van der Waals surface area contributed by atoms with Gasteiger partial charge in [0.1, 0.15) is 0 Å². The van der Waals surface area contributed by atoms with Crippen molar-refractivity contribution in [2.24, 2.45) is 0 Å². The lowest BCUT2D eigenvalue weighted by Gasteiger charge is -2.12. The Morgan fingerprint density at radius 3 is 2.50 bits per heavy atom. The van der Waals surface area contributed by atoms with Gasteiger partial charge in [-0.1, -0.05) is 42.5 Å². The molecule has 2 aromatic carbocycles. The predicted octanol–water partition coefficient (Wildman–Crippen LogP) is 3.79. The Bertz CT molecular complexity index is 877. The van der Waals surface area contributed by atoms with Crippen LogP contribution < -0.4 is 5.32 Å². The minimum absolute atomic E-state index is 0.117. The van der Waals surface area contributed by atoms with Crippen molar-refractivity contribution in [3.63, 3.8) is 0 Å². The Morgan fingerprint density at radius 2 is 1.75 bits per heavy atom. The quantitative estimate of drug-likeness (QED) is 0.724. The molecule has 5 nitrogen and oxygen atoms in total. The number of rotatable bonds is 5. The van der Waals surface area contributed by atoms with Crippen LogP contribution in [0.25, 0.3) is 10.8 Å². The minimum Gasteiger partial charge on any atom is -0.466 e. The lowest BCUT2D eigenvalue weighted by Crippen LogP contribution is -2.10. The molecule has 0 saturated heterocycles. The predicted molar refractivity (Wildman–Crippen MR) is 94.3 cm³/mol. The van der Waals surface area contributed by atoms with Gasteiger partial charge in [-0.2, -0.15) is 5.10 Å². The first-order valence-electron chi connectivity index (χ1n) is 7.91. The number of esters is 1. The number of nitrogens with zero attached hydrogens (tertiary/aromatic N) is 2. The summed E-state index contributed by atoms with van der Waals surface area (Å²) in [6.45, 7) is 4.18. The molecule has 3 aromatic rings. The zero-order chi connectivity index (χ0) is 16.9. The average Bonchev–Trinajstić information content (AvgIpc) is 2.59. The fourth-order valence-corrected chi connectivity index (χ4v) is 2.57. The van der Waals surface area contributed by atoms with Gasteiger partial charge < -0.3 is 10.1 Å². The molecule has 24 heavy (non-hydrogen) atoms. The lowest BCUT2D eigenvalue weighted by atomic mass is 10.1. The lowest BCUT2D eigenvalue weighted by molar-refractivity contribution is -0.142. The number of aromatic nitrogens is 2. The fraction of sp³-hybridized carbons (Fsp3) is 0.211. The van der Waals surface area contributed by atoms with Crippen LogP contribution in [-0.4, -0.2) is 22.8 Å². The molecule has 0 saturated carbocycles. The van der Waals surface area contributed by atoms with E-state index in [1.165, 1.54) is 0 Å². The van der Waals surface area contributed by atoms with Crippen LogP contribution in [0.1, 0.15) is 18.2 Å². The van der Waals surface area contributed by atoms with Gasteiger partial charge in [0.15, 0.2) is 5.82 Å². The van der Waals surface area contributed by atoms with Crippen molar-refractivity contribution in [2.75, 3.05) is 11.9 Å². The number of ether oxygens (including phenoxy) is 1. The monoisotopic (exact) mass is 321 g/mol. The second-order valence-electron chi connectivity index (χ2n) is 5.46. The molecule has 0 aliphatic heterocycles. The van der Waals surface area contributed by atoms with Crippen molar-refractivity contribution in [3.05, 3.63) is 59.8 Å². The molecule has 0 bridgehead atoms. The molecule has 0 spiro atoms. The van der Waals surface area contributed by atoms with Crippen molar-refractivity contribution in [3.8, 4) is 0 Å². The van der Waals surface area contributed by atoms with Gasteiger partial charge in [0, 0.05) is 16.5 Å². The molecule has 0 fully saturated rings. The maximum atomic E-state index is 11.8. The van der Waals surface area contributed by atoms with E-state index in [1.54, 1.807) is 6.92 Å². The zero-order valence-corrected chi connectivity index (χ0v) is 13.7. The zero-order valence-electron chi connectivity index (χ0n) is 13.7. The van der Waals surface area contributed by atoms with Crippen LogP contribution >= 0.6 is 0 Å². The number of carbonyl (C=O) groups excluding carboxylic acids is 1. The van der Waals surface area contributed by atoms with Crippen LogP contribution in [0.4, 0.5) is 11.5 Å². The average molecular weight is 321 g/mol. The summed E-state index contributed by atoms with van der Waals surface area (Å²) in [5.41, 5.74) is 2.73. The van der Waals surface area contributed by atoms with E-state index < -0.39 is 0 Å². The molecular weight excluding hydrogens is 302 g/mol. The Kier molecular flexibility index (Phi) is 4.70. The van der Waals surface area contributed by atoms with E-state index in [9.17, 15) is 4.79 Å². The Morgan fingerprint density at radius 1 is 1.04 bits per heavy atom. The van der Waals surface area contributed by atoms with Crippen LogP contribution in [0.5, 0.6) is 0 Å². The van der Waals surface area contributed by atoms with Crippen molar-refractivity contribution in [1.29, 1.82) is 0 Å². The van der Waals surface area contributed by atoms with Crippen LogP contribution in [0.15, 0.2) is 48.5 Å². The molecule has 0 amide bonds. The third kappa shape index (κ3) is 3.35. The van der Waals surface area contributed by atoms with Crippen molar-refractivity contribution in [1.82, 2.24) is 10.2 Å². The molecule has 0 radical (unpaired) electrons. The highest BCUT2D eigenvalue weighted by Crippen LogP contribution is 2.27. The number of benzene rings is 2. The van der Waals surface area contributed by atoms with Gasteiger partial charge in [0.2, 0.25) is 0 Å². The van der Waals surface area contributed by atoms with Gasteiger partial charge in [-0.15, -0.1) is 5.10 Å². The van der Waals surface area contributed by atoms with Gasteiger partial charge in [0.25, 0.3) is 0 Å². The molecule has 1 N–H and O–H groups in total. The highest BCUT2D eigenvalue weighted by atomic mass is 16.5. The smallest absolute Gasteiger partial charge is 0.311 e. The molecule has 3 rings (SSSR count). The Balaban J connectivity index is 1.99. The van der Waals surface area contributed by atoms with E-state index in [0.29, 0.717) is 18.1 Å². The maximum absolute atomic E-state index is 11.8. The topological polar surface area (TPSA) is 64.1 Å². The first-order valence-corrected chi connectivity index (χ1v) is 7.91. The number of aryl methyl sites for hydroxylation is 1. The van der Waals surface area contributed by atoms with Gasteiger partial charge in [0.05, 0.1) is 18.7 Å². The summed E-state index contributed by atoms with van der Waals surface area (Å²) < 4.78 is 5.01. The standard InChI is InChI=1S/C19H19N3O2/c1-3-24-18(23)12-17-14-9-5-6-10-15(14)19(22-21-17)20-16-11-7-4-8-13(16)2/h4-11H,3,12H2,1-2H3,(H,20,22). The molecule has 0 aliphatic rings. The van der Waals surface area contributed by atoms with E-state index in [2.05, 4.69) is 15.5 Å². The normalized spacial score (nSPS) is 10.6. The van der Waals surface area contributed by atoms with Crippen molar-refractivity contribution >= 4 is 28.2 Å². The third-order valence-corrected chi connectivity index (χ3v) is 3.78. The molecule has 0 atom stereocenters. The minimum atomic E-state index is -0.295. The summed E-state index contributed by atoms with van der Waals surface area (Å²) in [5, 5.41) is 13.7. The van der Waals surface area contributed by atoms with Crippen LogP contribution in [0.2, 0.25) is 0 Å². The number of para-hydroxylation sites is 1. The molecular formula is C19H19N3O2. The number of hydrogen-bond donors (Lipinski definition) is 1. The summed E-state index contributed by atoms with van der Waals surface area (Å²) in [6.07, 6.45) is 0.117. The largest absolute Gasteiger partial charge is 0.466 e. The Hall–Kier alpha value is -2.95. The maximum Gasteiger partial charge on any atom is 0.311 e. The molecule has 122 valence electrons. The summed E-state index contributed by atoms with van der Waals surface area (Å²) in [5.74, 6) is 0.379. The number of anilines is 2. The second-order valence-corrected chi connectivity index (χ2v) is 5.46. The number of hydrogen-bond acceptors (Lipinski definition) is 5. The highest BCUT2D eigenvalue weighted by molar-refractivity contribution is 5.95. The van der Waals surface area contributed by atoms with Crippen LogP contribution in [0.3, 0.4) is 0 Å². The molecule has 1 aromatic heterocycles. The number of nitrogens with one attached hydrogen (secondary N) is 1. The summed E-state index contributed by atoms with van der Waals surface area (Å²) >= 11 is 0.